The number of hydrogen-bond donors (Lipinski definition) is 2. The van der Waals surface area contributed by atoms with Crippen molar-refractivity contribution in [3.05, 3.63) is 35.9 Å². The third-order valence-corrected chi connectivity index (χ3v) is 2.56. The second-order valence-corrected chi connectivity index (χ2v) is 4.91. The summed E-state index contributed by atoms with van der Waals surface area (Å²) < 4.78 is 5.50. The smallest absolute Gasteiger partial charge is 0.244 e. The van der Waals surface area contributed by atoms with E-state index >= 15 is 0 Å². The van der Waals surface area contributed by atoms with Gasteiger partial charge in [-0.3, -0.25) is 4.79 Å². The van der Waals surface area contributed by atoms with Gasteiger partial charge in [-0.15, -0.1) is 0 Å². The van der Waals surface area contributed by atoms with Gasteiger partial charge in [-0.05, 0) is 44.5 Å². The average Bonchev–Trinajstić information content (AvgIpc) is 2.34. The summed E-state index contributed by atoms with van der Waals surface area (Å²) >= 11 is 0. The molecule has 0 aromatic heterocycles. The van der Waals surface area contributed by atoms with Crippen LogP contribution >= 0.6 is 0 Å². The van der Waals surface area contributed by atoms with E-state index in [9.17, 15) is 4.79 Å². The Balaban J connectivity index is 2.47. The Morgan fingerprint density at radius 3 is 2.84 bits per heavy atom. The number of nitrogen functional groups attached to an aromatic ring is 1. The molecule has 0 saturated heterocycles. The largest absolute Gasteiger partial charge is 0.399 e. The highest BCUT2D eigenvalue weighted by Crippen LogP contribution is 2.08. The van der Waals surface area contributed by atoms with Crippen LogP contribution in [0.2, 0.25) is 0 Å². The van der Waals surface area contributed by atoms with Gasteiger partial charge in [-0.1, -0.05) is 12.1 Å². The highest BCUT2D eigenvalue weighted by atomic mass is 16.5. The Bertz CT molecular complexity index is 453. The highest BCUT2D eigenvalue weighted by Gasteiger charge is 2.17. The van der Waals surface area contributed by atoms with E-state index in [2.05, 4.69) is 5.32 Å². The van der Waals surface area contributed by atoms with Crippen LogP contribution in [0.5, 0.6) is 0 Å². The van der Waals surface area contributed by atoms with Crippen LogP contribution in [-0.2, 0) is 9.53 Å². The number of carbonyl (C=O) groups excluding carboxylic acids is 1. The maximum atomic E-state index is 11.7. The summed E-state index contributed by atoms with van der Waals surface area (Å²) in [7, 11) is 0. The minimum absolute atomic E-state index is 0.143. The van der Waals surface area contributed by atoms with E-state index in [1.807, 2.05) is 45.0 Å². The topological polar surface area (TPSA) is 64.3 Å². The Morgan fingerprint density at radius 1 is 1.47 bits per heavy atom. The molecule has 0 unspecified atom stereocenters. The molecule has 4 heteroatoms. The third-order valence-electron chi connectivity index (χ3n) is 2.56. The molecule has 0 radical (unpaired) electrons. The van der Waals surface area contributed by atoms with Crippen molar-refractivity contribution < 1.29 is 9.53 Å². The highest BCUT2D eigenvalue weighted by molar-refractivity contribution is 5.91. The molecule has 1 aromatic carbocycles. The first-order chi connectivity index (χ1) is 8.93. The maximum Gasteiger partial charge on any atom is 0.244 e. The van der Waals surface area contributed by atoms with Gasteiger partial charge in [0.2, 0.25) is 5.91 Å². The number of nitrogens with one attached hydrogen (secondary N) is 1. The normalized spacial score (nSPS) is 11.7. The van der Waals surface area contributed by atoms with E-state index in [0.29, 0.717) is 18.8 Å². The van der Waals surface area contributed by atoms with Gasteiger partial charge in [0.15, 0.2) is 0 Å². The number of benzene rings is 1. The molecule has 0 bridgehead atoms. The molecule has 19 heavy (non-hydrogen) atoms. The third kappa shape index (κ3) is 6.06. The zero-order chi connectivity index (χ0) is 14.3. The van der Waals surface area contributed by atoms with Crippen molar-refractivity contribution in [3.8, 4) is 0 Å². The first kappa shape index (κ1) is 15.2. The van der Waals surface area contributed by atoms with E-state index in [1.54, 1.807) is 6.08 Å². The second kappa shape index (κ2) is 6.95. The van der Waals surface area contributed by atoms with Crippen LogP contribution in [0.4, 0.5) is 5.69 Å². The van der Waals surface area contributed by atoms with Crippen LogP contribution in [0.1, 0.15) is 26.3 Å². The van der Waals surface area contributed by atoms with Gasteiger partial charge < -0.3 is 15.8 Å². The number of ether oxygens (including phenoxy) is 1. The zero-order valence-corrected chi connectivity index (χ0v) is 11.8. The van der Waals surface area contributed by atoms with E-state index in [1.165, 1.54) is 6.08 Å². The van der Waals surface area contributed by atoms with Crippen LogP contribution in [0.15, 0.2) is 30.3 Å². The van der Waals surface area contributed by atoms with Crippen LogP contribution in [0.25, 0.3) is 6.08 Å². The summed E-state index contributed by atoms with van der Waals surface area (Å²) in [5.41, 5.74) is 6.89. The predicted molar refractivity (Wildman–Crippen MR) is 78.6 cm³/mol. The van der Waals surface area contributed by atoms with E-state index in [0.717, 1.165) is 5.56 Å². The van der Waals surface area contributed by atoms with Crippen molar-refractivity contribution in [1.29, 1.82) is 0 Å². The zero-order valence-electron chi connectivity index (χ0n) is 11.8. The molecule has 0 spiro atoms. The number of anilines is 1. The average molecular weight is 262 g/mol. The fraction of sp³-hybridized carbons (Fsp3) is 0.400. The number of amides is 1. The van der Waals surface area contributed by atoms with E-state index in [4.69, 9.17) is 10.5 Å². The van der Waals surface area contributed by atoms with Crippen LogP contribution in [0, 0.1) is 0 Å². The maximum absolute atomic E-state index is 11.7. The van der Waals surface area contributed by atoms with E-state index in [-0.39, 0.29) is 11.5 Å². The van der Waals surface area contributed by atoms with Crippen LogP contribution < -0.4 is 11.1 Å². The quantitative estimate of drug-likeness (QED) is 0.610. The summed E-state index contributed by atoms with van der Waals surface area (Å²) in [6.45, 7) is 6.92. The molecular formula is C15H22N2O2. The number of carbonyl (C=O) groups is 1. The lowest BCUT2D eigenvalue weighted by Crippen LogP contribution is -2.39. The molecule has 0 heterocycles. The second-order valence-electron chi connectivity index (χ2n) is 4.91. The van der Waals surface area contributed by atoms with Crippen molar-refractivity contribution in [2.75, 3.05) is 18.9 Å². The van der Waals surface area contributed by atoms with E-state index < -0.39 is 0 Å². The first-order valence-electron chi connectivity index (χ1n) is 6.38. The Kier molecular flexibility index (Phi) is 5.57. The van der Waals surface area contributed by atoms with Crippen molar-refractivity contribution in [1.82, 2.24) is 5.32 Å². The van der Waals surface area contributed by atoms with Crippen LogP contribution in [-0.4, -0.2) is 24.7 Å². The standard InChI is InChI=1S/C15H22N2O2/c1-4-19-15(2,3)11-17-14(18)9-8-12-6-5-7-13(16)10-12/h5-10H,4,11,16H2,1-3H3,(H,17,18)/b9-8+. The predicted octanol–water partition coefficient (Wildman–Crippen LogP) is 2.21. The summed E-state index contributed by atoms with van der Waals surface area (Å²) in [5.74, 6) is -0.143. The molecule has 4 nitrogen and oxygen atoms in total. The van der Waals surface area contributed by atoms with Crippen molar-refractivity contribution in [3.63, 3.8) is 0 Å². The van der Waals surface area contributed by atoms with Gasteiger partial charge in [0.25, 0.3) is 0 Å². The van der Waals surface area contributed by atoms with Gasteiger partial charge in [0, 0.05) is 24.9 Å². The number of nitrogens with two attached hydrogens (primary N) is 1. The summed E-state index contributed by atoms with van der Waals surface area (Å²) in [5, 5.41) is 2.81. The lowest BCUT2D eigenvalue weighted by atomic mass is 10.1. The Morgan fingerprint density at radius 2 is 2.21 bits per heavy atom. The van der Waals surface area contributed by atoms with Gasteiger partial charge in [0.05, 0.1) is 5.60 Å². The number of rotatable bonds is 6. The fourth-order valence-corrected chi connectivity index (χ4v) is 1.64. The molecule has 1 aromatic rings. The van der Waals surface area contributed by atoms with Crippen molar-refractivity contribution in [2.24, 2.45) is 0 Å². The minimum atomic E-state index is -0.352. The lowest BCUT2D eigenvalue weighted by molar-refractivity contribution is -0.118. The van der Waals surface area contributed by atoms with Gasteiger partial charge >= 0.3 is 0 Å². The van der Waals surface area contributed by atoms with Gasteiger partial charge in [-0.2, -0.15) is 0 Å². The lowest BCUT2D eigenvalue weighted by Gasteiger charge is -2.24. The summed E-state index contributed by atoms with van der Waals surface area (Å²) in [6, 6.07) is 7.37. The molecule has 0 atom stereocenters. The first-order valence-corrected chi connectivity index (χ1v) is 6.38. The van der Waals surface area contributed by atoms with Gasteiger partial charge in [0.1, 0.15) is 0 Å². The molecule has 1 rings (SSSR count). The van der Waals surface area contributed by atoms with Gasteiger partial charge in [-0.25, -0.2) is 0 Å². The minimum Gasteiger partial charge on any atom is -0.399 e. The Hall–Kier alpha value is -1.81. The van der Waals surface area contributed by atoms with Crippen molar-refractivity contribution >= 4 is 17.7 Å². The molecule has 0 aliphatic carbocycles. The molecule has 0 aliphatic rings. The molecule has 0 fully saturated rings. The van der Waals surface area contributed by atoms with Crippen LogP contribution in [0.3, 0.4) is 0 Å². The molecule has 3 N–H and O–H groups in total. The molecule has 0 saturated carbocycles. The monoisotopic (exact) mass is 262 g/mol. The molecule has 1 amide bonds. The summed E-state index contributed by atoms with van der Waals surface area (Å²) in [6.07, 6.45) is 3.23. The fourth-order valence-electron chi connectivity index (χ4n) is 1.64. The SMILES string of the molecule is CCOC(C)(C)CNC(=O)/C=C/c1cccc(N)c1. The Labute approximate surface area is 114 Å². The number of hydrogen-bond acceptors (Lipinski definition) is 3. The molecule has 0 aliphatic heterocycles. The summed E-state index contributed by atoms with van der Waals surface area (Å²) in [4.78, 5) is 11.7. The van der Waals surface area contributed by atoms with Crippen molar-refractivity contribution in [2.45, 2.75) is 26.4 Å². The molecule has 104 valence electrons. The molecular weight excluding hydrogens is 240 g/mol.